The Morgan fingerprint density at radius 2 is 2.53 bits per heavy atom. The lowest BCUT2D eigenvalue weighted by Crippen LogP contribution is -2.43. The average molecular weight is 212 g/mol. The largest absolute Gasteiger partial charge is 0.393 e. The minimum absolute atomic E-state index is 0.122. The molecular formula is C9H16N4O2. The van der Waals surface area contributed by atoms with Crippen molar-refractivity contribution < 1.29 is 9.90 Å². The van der Waals surface area contributed by atoms with E-state index in [1.54, 1.807) is 11.8 Å². The number of aliphatic hydroxyl groups is 1. The number of amides is 1. The first-order valence-corrected chi connectivity index (χ1v) is 5.12. The number of azide groups is 1. The summed E-state index contributed by atoms with van der Waals surface area (Å²) in [5.41, 5.74) is 8.10. The van der Waals surface area contributed by atoms with Gasteiger partial charge >= 0.3 is 0 Å². The molecule has 1 aliphatic rings. The maximum atomic E-state index is 11.5. The van der Waals surface area contributed by atoms with Crippen LogP contribution in [0.25, 0.3) is 10.4 Å². The Hall–Kier alpha value is -1.26. The summed E-state index contributed by atoms with van der Waals surface area (Å²) in [6, 6.07) is 0. The second-order valence-corrected chi connectivity index (χ2v) is 3.87. The van der Waals surface area contributed by atoms with Crippen LogP contribution in [0.3, 0.4) is 0 Å². The molecule has 1 rings (SSSR count). The molecule has 0 unspecified atom stereocenters. The van der Waals surface area contributed by atoms with Crippen molar-refractivity contribution >= 4 is 5.91 Å². The number of hydrogen-bond donors (Lipinski definition) is 1. The number of carbonyl (C=O) groups excluding carboxylic acids is 1. The Morgan fingerprint density at radius 3 is 3.13 bits per heavy atom. The molecule has 0 aromatic heterocycles. The minimum atomic E-state index is -0.389. The topological polar surface area (TPSA) is 89.3 Å². The van der Waals surface area contributed by atoms with Crippen LogP contribution >= 0.6 is 0 Å². The molecule has 1 saturated heterocycles. The molecule has 6 nitrogen and oxygen atoms in total. The summed E-state index contributed by atoms with van der Waals surface area (Å²) < 4.78 is 0. The van der Waals surface area contributed by atoms with Crippen LogP contribution in [-0.2, 0) is 4.79 Å². The van der Waals surface area contributed by atoms with E-state index in [0.717, 1.165) is 12.8 Å². The summed E-state index contributed by atoms with van der Waals surface area (Å²) in [5.74, 6) is -0.00749. The van der Waals surface area contributed by atoms with Gasteiger partial charge in [-0.2, -0.15) is 0 Å². The Bertz CT molecular complexity index is 273. The second-order valence-electron chi connectivity index (χ2n) is 3.87. The van der Waals surface area contributed by atoms with Crippen LogP contribution in [0.2, 0.25) is 0 Å². The molecule has 1 heterocycles. The van der Waals surface area contributed by atoms with Gasteiger partial charge in [-0.25, -0.2) is 0 Å². The first-order valence-electron chi connectivity index (χ1n) is 5.12. The summed E-state index contributed by atoms with van der Waals surface area (Å²) in [6.45, 7) is 2.88. The highest BCUT2D eigenvalue weighted by molar-refractivity contribution is 5.78. The number of likely N-dealkylation sites (tertiary alicyclic amines) is 1. The van der Waals surface area contributed by atoms with Crippen LogP contribution in [-0.4, -0.2) is 41.7 Å². The Labute approximate surface area is 88.5 Å². The van der Waals surface area contributed by atoms with E-state index in [1.165, 1.54) is 0 Å². The second kappa shape index (κ2) is 5.58. The van der Waals surface area contributed by atoms with Gasteiger partial charge in [0.1, 0.15) is 6.54 Å². The lowest BCUT2D eigenvalue weighted by Gasteiger charge is -2.33. The SMILES string of the molecule is C[C@@H](O)[C@H]1CCCN(C(=O)CN=[N+]=[N-])C1. The highest BCUT2D eigenvalue weighted by Gasteiger charge is 2.25. The van der Waals surface area contributed by atoms with Gasteiger partial charge in [-0.15, -0.1) is 0 Å². The number of piperidine rings is 1. The zero-order valence-corrected chi connectivity index (χ0v) is 8.83. The zero-order chi connectivity index (χ0) is 11.3. The van der Waals surface area contributed by atoms with E-state index in [4.69, 9.17) is 5.53 Å². The standard InChI is InChI=1S/C9H16N4O2/c1-7(14)8-3-2-4-13(6-8)9(15)5-11-12-10/h7-8,14H,2-6H2,1H3/t7-,8+/m1/s1. The number of carbonyl (C=O) groups is 1. The molecule has 0 spiro atoms. The van der Waals surface area contributed by atoms with E-state index in [2.05, 4.69) is 10.0 Å². The first-order chi connectivity index (χ1) is 7.15. The van der Waals surface area contributed by atoms with Crippen LogP contribution in [0.4, 0.5) is 0 Å². The molecule has 0 aromatic rings. The van der Waals surface area contributed by atoms with Crippen LogP contribution in [0.1, 0.15) is 19.8 Å². The highest BCUT2D eigenvalue weighted by atomic mass is 16.3. The fourth-order valence-electron chi connectivity index (χ4n) is 1.82. The van der Waals surface area contributed by atoms with E-state index < -0.39 is 0 Å². The Balaban J connectivity index is 2.48. The van der Waals surface area contributed by atoms with Gasteiger partial charge < -0.3 is 10.0 Å². The Kier molecular flexibility index (Phi) is 4.39. The van der Waals surface area contributed by atoms with Crippen molar-refractivity contribution in [2.75, 3.05) is 19.6 Å². The van der Waals surface area contributed by atoms with Crippen molar-refractivity contribution in [3.05, 3.63) is 10.4 Å². The molecule has 1 N–H and O–H groups in total. The van der Waals surface area contributed by atoms with Gasteiger partial charge in [0.15, 0.2) is 0 Å². The van der Waals surface area contributed by atoms with Crippen LogP contribution in [0, 0.1) is 5.92 Å². The molecule has 1 fully saturated rings. The summed E-state index contributed by atoms with van der Waals surface area (Å²) in [6.07, 6.45) is 1.46. The number of nitrogens with zero attached hydrogens (tertiary/aromatic N) is 4. The first kappa shape index (κ1) is 11.8. The third-order valence-electron chi connectivity index (χ3n) is 2.76. The summed E-state index contributed by atoms with van der Waals surface area (Å²) in [5, 5.41) is 12.7. The van der Waals surface area contributed by atoms with Crippen molar-refractivity contribution in [1.82, 2.24) is 4.90 Å². The smallest absolute Gasteiger partial charge is 0.228 e. The van der Waals surface area contributed by atoms with Crippen molar-refractivity contribution in [2.45, 2.75) is 25.9 Å². The third-order valence-corrected chi connectivity index (χ3v) is 2.76. The number of hydrogen-bond acceptors (Lipinski definition) is 3. The monoisotopic (exact) mass is 212 g/mol. The van der Waals surface area contributed by atoms with Crippen LogP contribution in [0.15, 0.2) is 5.11 Å². The Morgan fingerprint density at radius 1 is 1.80 bits per heavy atom. The van der Waals surface area contributed by atoms with Gasteiger partial charge in [0.25, 0.3) is 0 Å². The summed E-state index contributed by atoms with van der Waals surface area (Å²) in [4.78, 5) is 15.7. The van der Waals surface area contributed by atoms with E-state index in [-0.39, 0.29) is 24.5 Å². The van der Waals surface area contributed by atoms with Crippen molar-refractivity contribution in [3.63, 3.8) is 0 Å². The molecular weight excluding hydrogens is 196 g/mol. The quantitative estimate of drug-likeness (QED) is 0.428. The fourth-order valence-corrected chi connectivity index (χ4v) is 1.82. The third kappa shape index (κ3) is 3.42. The van der Waals surface area contributed by atoms with E-state index in [0.29, 0.717) is 13.1 Å². The van der Waals surface area contributed by atoms with Crippen molar-refractivity contribution in [3.8, 4) is 0 Å². The fraction of sp³-hybridized carbons (Fsp3) is 0.889. The molecule has 1 amide bonds. The molecule has 0 radical (unpaired) electrons. The van der Waals surface area contributed by atoms with E-state index in [1.807, 2.05) is 0 Å². The molecule has 0 aliphatic carbocycles. The molecule has 0 bridgehead atoms. The summed E-state index contributed by atoms with van der Waals surface area (Å²) in [7, 11) is 0. The predicted octanol–water partition coefficient (Wildman–Crippen LogP) is 0.916. The highest BCUT2D eigenvalue weighted by Crippen LogP contribution is 2.19. The van der Waals surface area contributed by atoms with Gasteiger partial charge in [0, 0.05) is 23.9 Å². The predicted molar refractivity (Wildman–Crippen MR) is 55.0 cm³/mol. The van der Waals surface area contributed by atoms with Crippen molar-refractivity contribution in [2.24, 2.45) is 11.0 Å². The van der Waals surface area contributed by atoms with Gasteiger partial charge in [-0.1, -0.05) is 5.11 Å². The van der Waals surface area contributed by atoms with Crippen molar-refractivity contribution in [1.29, 1.82) is 0 Å². The van der Waals surface area contributed by atoms with E-state index in [9.17, 15) is 9.90 Å². The molecule has 1 aliphatic heterocycles. The lowest BCUT2D eigenvalue weighted by molar-refractivity contribution is -0.132. The average Bonchev–Trinajstić information content (AvgIpc) is 2.26. The molecule has 6 heteroatoms. The molecule has 84 valence electrons. The van der Waals surface area contributed by atoms with Gasteiger partial charge in [-0.3, -0.25) is 4.79 Å². The number of aliphatic hydroxyl groups excluding tert-OH is 1. The number of rotatable bonds is 3. The van der Waals surface area contributed by atoms with Crippen LogP contribution < -0.4 is 0 Å². The maximum absolute atomic E-state index is 11.5. The lowest BCUT2D eigenvalue weighted by atomic mass is 9.93. The normalized spacial score (nSPS) is 23.1. The maximum Gasteiger partial charge on any atom is 0.228 e. The van der Waals surface area contributed by atoms with Gasteiger partial charge in [0.05, 0.1) is 6.10 Å². The molecule has 15 heavy (non-hydrogen) atoms. The van der Waals surface area contributed by atoms with E-state index >= 15 is 0 Å². The molecule has 0 aromatic carbocycles. The van der Waals surface area contributed by atoms with Crippen LogP contribution in [0.5, 0.6) is 0 Å². The van der Waals surface area contributed by atoms with Gasteiger partial charge in [0.2, 0.25) is 5.91 Å². The van der Waals surface area contributed by atoms with Gasteiger partial charge in [-0.05, 0) is 25.3 Å². The summed E-state index contributed by atoms with van der Waals surface area (Å²) >= 11 is 0. The zero-order valence-electron chi connectivity index (χ0n) is 8.83. The minimum Gasteiger partial charge on any atom is -0.393 e. The molecule has 2 atom stereocenters. The molecule has 0 saturated carbocycles.